The van der Waals surface area contributed by atoms with Crippen LogP contribution in [0.25, 0.3) is 0 Å². The van der Waals surface area contributed by atoms with Gasteiger partial charge in [0.2, 0.25) is 0 Å². The van der Waals surface area contributed by atoms with Crippen molar-refractivity contribution in [2.75, 3.05) is 6.61 Å². The van der Waals surface area contributed by atoms with Crippen molar-refractivity contribution < 1.29 is 4.74 Å². The number of nitrogens with zero attached hydrogens (tertiary/aromatic N) is 1. The fourth-order valence-electron chi connectivity index (χ4n) is 2.56. The Morgan fingerprint density at radius 3 is 2.40 bits per heavy atom. The Morgan fingerprint density at radius 1 is 1.05 bits per heavy atom. The fraction of sp³-hybridized carbons (Fsp3) is 0.824. The van der Waals surface area contributed by atoms with E-state index in [2.05, 4.69) is 24.0 Å². The van der Waals surface area contributed by atoms with Crippen LogP contribution >= 0.6 is 0 Å². The van der Waals surface area contributed by atoms with Gasteiger partial charge in [0.05, 0.1) is 12.3 Å². The molecular weight excluding hydrogens is 248 g/mol. The van der Waals surface area contributed by atoms with Gasteiger partial charge < -0.3 is 4.74 Å². The largest absolute Gasteiger partial charge is 0.375 e. The van der Waals surface area contributed by atoms with Crippen molar-refractivity contribution in [2.45, 2.75) is 78.2 Å². The standard InChI is InChI=1S/C17H32N2O/c1-3-5-7-9-11-16(10-8-6-4-2)14-20-15-17-12-13-18-19-17/h12-13,16H,3-11,14-15H2,1-2H3,(H,18,19). The molecule has 0 aliphatic carbocycles. The third-order valence-electron chi connectivity index (χ3n) is 3.84. The second-order valence-electron chi connectivity index (χ2n) is 5.79. The number of aromatic nitrogens is 2. The topological polar surface area (TPSA) is 37.9 Å². The molecule has 1 unspecified atom stereocenters. The van der Waals surface area contributed by atoms with E-state index in [1.165, 1.54) is 57.8 Å². The molecule has 0 saturated heterocycles. The number of hydrogen-bond acceptors (Lipinski definition) is 2. The molecule has 3 nitrogen and oxygen atoms in total. The van der Waals surface area contributed by atoms with Gasteiger partial charge in [-0.15, -0.1) is 0 Å². The molecule has 3 heteroatoms. The van der Waals surface area contributed by atoms with Gasteiger partial charge in [0, 0.05) is 12.8 Å². The molecule has 116 valence electrons. The van der Waals surface area contributed by atoms with E-state index < -0.39 is 0 Å². The van der Waals surface area contributed by atoms with Gasteiger partial charge in [-0.3, -0.25) is 5.10 Å². The highest BCUT2D eigenvalue weighted by Crippen LogP contribution is 2.18. The van der Waals surface area contributed by atoms with Crippen molar-refractivity contribution >= 4 is 0 Å². The first-order chi connectivity index (χ1) is 9.86. The molecule has 0 aromatic carbocycles. The molecule has 0 bridgehead atoms. The molecule has 1 rings (SSSR count). The zero-order valence-electron chi connectivity index (χ0n) is 13.4. The van der Waals surface area contributed by atoms with E-state index in [4.69, 9.17) is 4.74 Å². The predicted octanol–water partition coefficient (Wildman–Crippen LogP) is 5.09. The molecule has 1 aromatic heterocycles. The Hall–Kier alpha value is -0.830. The summed E-state index contributed by atoms with van der Waals surface area (Å²) in [6, 6.07) is 1.98. The van der Waals surface area contributed by atoms with Crippen LogP contribution in [0.2, 0.25) is 0 Å². The van der Waals surface area contributed by atoms with Crippen LogP contribution in [0.3, 0.4) is 0 Å². The molecule has 0 aliphatic heterocycles. The maximum absolute atomic E-state index is 5.85. The van der Waals surface area contributed by atoms with E-state index >= 15 is 0 Å². The van der Waals surface area contributed by atoms with Gasteiger partial charge >= 0.3 is 0 Å². The summed E-state index contributed by atoms with van der Waals surface area (Å²) in [6.45, 7) is 6.07. The van der Waals surface area contributed by atoms with E-state index in [1.807, 2.05) is 12.3 Å². The zero-order valence-corrected chi connectivity index (χ0v) is 13.4. The summed E-state index contributed by atoms with van der Waals surface area (Å²) in [7, 11) is 0. The zero-order chi connectivity index (χ0) is 14.5. The minimum absolute atomic E-state index is 0.642. The van der Waals surface area contributed by atoms with Crippen molar-refractivity contribution in [3.05, 3.63) is 18.0 Å². The summed E-state index contributed by atoms with van der Waals surface area (Å²) in [6.07, 6.45) is 13.9. The molecule has 0 radical (unpaired) electrons. The van der Waals surface area contributed by atoms with Crippen molar-refractivity contribution in [3.63, 3.8) is 0 Å². The van der Waals surface area contributed by atoms with Crippen molar-refractivity contribution in [1.82, 2.24) is 10.2 Å². The average molecular weight is 280 g/mol. The van der Waals surface area contributed by atoms with E-state index in [-0.39, 0.29) is 0 Å². The van der Waals surface area contributed by atoms with Crippen molar-refractivity contribution in [1.29, 1.82) is 0 Å². The molecular formula is C17H32N2O. The van der Waals surface area contributed by atoms with Gasteiger partial charge in [0.1, 0.15) is 0 Å². The van der Waals surface area contributed by atoms with E-state index in [9.17, 15) is 0 Å². The van der Waals surface area contributed by atoms with E-state index in [0.717, 1.165) is 18.2 Å². The van der Waals surface area contributed by atoms with E-state index in [0.29, 0.717) is 6.61 Å². The molecule has 1 heterocycles. The lowest BCUT2D eigenvalue weighted by molar-refractivity contribution is 0.0772. The number of hydrogen-bond donors (Lipinski definition) is 1. The molecule has 0 saturated carbocycles. The molecule has 0 amide bonds. The number of rotatable bonds is 13. The molecule has 20 heavy (non-hydrogen) atoms. The van der Waals surface area contributed by atoms with Gasteiger partial charge in [0.15, 0.2) is 0 Å². The normalized spacial score (nSPS) is 12.7. The summed E-state index contributed by atoms with van der Waals surface area (Å²) in [5.74, 6) is 0.734. The average Bonchev–Trinajstić information content (AvgIpc) is 2.96. The highest BCUT2D eigenvalue weighted by molar-refractivity contribution is 4.94. The first-order valence-corrected chi connectivity index (χ1v) is 8.43. The SMILES string of the molecule is CCCCCCC(CCCCC)COCc1cc[nH]n1. The Balaban J connectivity index is 2.17. The van der Waals surface area contributed by atoms with Crippen LogP contribution < -0.4 is 0 Å². The van der Waals surface area contributed by atoms with Gasteiger partial charge in [-0.25, -0.2) is 0 Å². The third kappa shape index (κ3) is 8.36. The van der Waals surface area contributed by atoms with Crippen LogP contribution in [0.1, 0.15) is 77.3 Å². The maximum atomic E-state index is 5.85. The summed E-state index contributed by atoms with van der Waals surface area (Å²) >= 11 is 0. The molecule has 0 fully saturated rings. The summed E-state index contributed by atoms with van der Waals surface area (Å²) in [4.78, 5) is 0. The first-order valence-electron chi connectivity index (χ1n) is 8.43. The summed E-state index contributed by atoms with van der Waals surface area (Å²) in [5.41, 5.74) is 1.00. The third-order valence-corrected chi connectivity index (χ3v) is 3.84. The van der Waals surface area contributed by atoms with Crippen LogP contribution in [0.5, 0.6) is 0 Å². The van der Waals surface area contributed by atoms with Crippen LogP contribution in [-0.4, -0.2) is 16.8 Å². The quantitative estimate of drug-likeness (QED) is 0.511. The smallest absolute Gasteiger partial charge is 0.0906 e. The van der Waals surface area contributed by atoms with Crippen molar-refractivity contribution in [3.8, 4) is 0 Å². The van der Waals surface area contributed by atoms with Crippen LogP contribution in [-0.2, 0) is 11.3 Å². The lowest BCUT2D eigenvalue weighted by Crippen LogP contribution is -2.10. The Bertz CT molecular complexity index is 298. The molecule has 1 atom stereocenters. The summed E-state index contributed by atoms with van der Waals surface area (Å²) < 4.78 is 5.85. The van der Waals surface area contributed by atoms with Crippen LogP contribution in [0, 0.1) is 5.92 Å². The number of nitrogens with one attached hydrogen (secondary N) is 1. The number of ether oxygens (including phenoxy) is 1. The van der Waals surface area contributed by atoms with Gasteiger partial charge in [-0.2, -0.15) is 5.10 Å². The number of H-pyrrole nitrogens is 1. The van der Waals surface area contributed by atoms with Gasteiger partial charge in [-0.1, -0.05) is 58.8 Å². The summed E-state index contributed by atoms with van der Waals surface area (Å²) in [5, 5.41) is 6.95. The maximum Gasteiger partial charge on any atom is 0.0906 e. The Morgan fingerprint density at radius 2 is 1.75 bits per heavy atom. The monoisotopic (exact) mass is 280 g/mol. The lowest BCUT2D eigenvalue weighted by atomic mass is 9.95. The Labute approximate surface area is 124 Å². The minimum Gasteiger partial charge on any atom is -0.375 e. The van der Waals surface area contributed by atoms with Crippen molar-refractivity contribution in [2.24, 2.45) is 5.92 Å². The molecule has 1 aromatic rings. The van der Waals surface area contributed by atoms with Gasteiger partial charge in [0.25, 0.3) is 0 Å². The first kappa shape index (κ1) is 17.2. The predicted molar refractivity (Wildman–Crippen MR) is 84.6 cm³/mol. The Kier molecular flexibility index (Phi) is 10.3. The van der Waals surface area contributed by atoms with Gasteiger partial charge in [-0.05, 0) is 24.8 Å². The lowest BCUT2D eigenvalue weighted by Gasteiger charge is -2.16. The van der Waals surface area contributed by atoms with E-state index in [1.54, 1.807) is 0 Å². The minimum atomic E-state index is 0.642. The number of unbranched alkanes of at least 4 members (excludes halogenated alkanes) is 5. The molecule has 0 spiro atoms. The fourth-order valence-corrected chi connectivity index (χ4v) is 2.56. The second kappa shape index (κ2) is 12.0. The second-order valence-corrected chi connectivity index (χ2v) is 5.79. The highest BCUT2D eigenvalue weighted by Gasteiger charge is 2.09. The van der Waals surface area contributed by atoms with Crippen LogP contribution in [0.4, 0.5) is 0 Å². The molecule has 0 aliphatic rings. The van der Waals surface area contributed by atoms with Crippen LogP contribution in [0.15, 0.2) is 12.3 Å². The molecule has 1 N–H and O–H groups in total. The number of aromatic amines is 1. The highest BCUT2D eigenvalue weighted by atomic mass is 16.5.